The van der Waals surface area contributed by atoms with Crippen molar-refractivity contribution < 1.29 is 22.3 Å². The van der Waals surface area contributed by atoms with Crippen molar-refractivity contribution in [1.82, 2.24) is 23.6 Å². The van der Waals surface area contributed by atoms with Gasteiger partial charge in [-0.25, -0.2) is 31.3 Å². The van der Waals surface area contributed by atoms with E-state index >= 15 is 0 Å². The number of nitrogens with zero attached hydrogens (tertiary/aromatic N) is 5. The van der Waals surface area contributed by atoms with Crippen LogP contribution in [0.3, 0.4) is 0 Å². The molecule has 5 aromatic rings. The molecule has 0 radical (unpaired) electrons. The first-order valence-electron chi connectivity index (χ1n) is 15.1. The lowest BCUT2D eigenvalue weighted by Gasteiger charge is -2.47. The van der Waals surface area contributed by atoms with Crippen LogP contribution in [-0.4, -0.2) is 50.6 Å². The number of ether oxygens (including phenoxy) is 1. The summed E-state index contributed by atoms with van der Waals surface area (Å²) in [6.07, 6.45) is 9.80. The van der Waals surface area contributed by atoms with E-state index in [0.29, 0.717) is 23.5 Å². The van der Waals surface area contributed by atoms with Crippen molar-refractivity contribution in [3.8, 4) is 11.4 Å². The average molecular weight is 629 g/mol. The van der Waals surface area contributed by atoms with Crippen LogP contribution in [-0.2, 0) is 19.6 Å². The third-order valence-corrected chi connectivity index (χ3v) is 10.9. The van der Waals surface area contributed by atoms with Crippen LogP contribution in [0.15, 0.2) is 66.5 Å². The quantitative estimate of drug-likeness (QED) is 0.213. The summed E-state index contributed by atoms with van der Waals surface area (Å²) in [5, 5.41) is 8.58. The second-order valence-corrected chi connectivity index (χ2v) is 13.7. The number of anilines is 1. The first-order valence-corrected chi connectivity index (χ1v) is 16.6. The molecule has 0 amide bonds. The minimum absolute atomic E-state index is 0.0523. The van der Waals surface area contributed by atoms with E-state index in [0.717, 1.165) is 47.0 Å². The molecule has 4 aromatic heterocycles. The predicted octanol–water partition coefficient (Wildman–Crippen LogP) is 5.85. The number of benzene rings is 1. The van der Waals surface area contributed by atoms with Crippen molar-refractivity contribution in [3.63, 3.8) is 0 Å². The van der Waals surface area contributed by atoms with Gasteiger partial charge < -0.3 is 10.1 Å². The van der Waals surface area contributed by atoms with Crippen LogP contribution in [0.5, 0.6) is 0 Å². The molecule has 1 aromatic carbocycles. The van der Waals surface area contributed by atoms with Gasteiger partial charge in [0.15, 0.2) is 17.3 Å². The molecule has 4 heterocycles. The van der Waals surface area contributed by atoms with E-state index in [-0.39, 0.29) is 51.5 Å². The smallest absolute Gasteiger partial charge is 0.311 e. The summed E-state index contributed by atoms with van der Waals surface area (Å²) in [6, 6.07) is 9.36. The van der Waals surface area contributed by atoms with Gasteiger partial charge >= 0.3 is 5.97 Å². The third-order valence-electron chi connectivity index (χ3n) is 9.24. The standard InChI is InChI=1S/C33H33FN6O4S/c1-4-20-14-15-39-29(20)31(36-28-22-10-8-21(9-11-22)27(28)33(41)44-5-2)37-30(38-39)26-18-40(32-25(26)16-23(34)17-35-32)45(42,43)24-12-6-19(3)7-13-24/h4,6-7,12-18,21-22,27-28H,1,5,8-11H2,2-3H3,(H,36,37,38)/t21?,22?,27-,28-/m1/s1. The molecule has 10 nitrogen and oxygen atoms in total. The van der Waals surface area contributed by atoms with E-state index in [1.807, 2.05) is 19.9 Å². The zero-order valence-corrected chi connectivity index (χ0v) is 25.8. The highest BCUT2D eigenvalue weighted by atomic mass is 32.2. The third kappa shape index (κ3) is 4.87. The van der Waals surface area contributed by atoms with Gasteiger partial charge in [0.25, 0.3) is 10.0 Å². The molecular formula is C33H33FN6O4S. The van der Waals surface area contributed by atoms with E-state index in [1.54, 1.807) is 28.9 Å². The van der Waals surface area contributed by atoms with Gasteiger partial charge in [0.1, 0.15) is 11.3 Å². The highest BCUT2D eigenvalue weighted by Crippen LogP contribution is 2.47. The Morgan fingerprint density at radius 3 is 2.60 bits per heavy atom. The minimum Gasteiger partial charge on any atom is -0.466 e. The molecule has 232 valence electrons. The summed E-state index contributed by atoms with van der Waals surface area (Å²) in [5.41, 5.74) is 2.71. The molecule has 2 bridgehead atoms. The molecule has 12 heteroatoms. The van der Waals surface area contributed by atoms with Crippen LogP contribution >= 0.6 is 0 Å². The molecule has 1 N–H and O–H groups in total. The van der Waals surface area contributed by atoms with E-state index in [2.05, 4.69) is 16.9 Å². The number of nitrogens with one attached hydrogen (secondary N) is 1. The average Bonchev–Trinajstić information content (AvgIpc) is 3.63. The second kappa shape index (κ2) is 11.1. The van der Waals surface area contributed by atoms with Crippen molar-refractivity contribution >= 4 is 44.4 Å². The molecule has 45 heavy (non-hydrogen) atoms. The molecule has 8 rings (SSSR count). The monoisotopic (exact) mass is 628 g/mol. The Hall–Kier alpha value is -4.58. The first kappa shape index (κ1) is 29.1. The van der Waals surface area contributed by atoms with Crippen molar-refractivity contribution in [2.45, 2.75) is 50.5 Å². The Morgan fingerprint density at radius 2 is 1.89 bits per heavy atom. The summed E-state index contributed by atoms with van der Waals surface area (Å²) in [4.78, 5) is 22.4. The number of fused-ring (bicyclic) bond motifs is 5. The number of aryl methyl sites for hydroxylation is 1. The first-order chi connectivity index (χ1) is 21.7. The van der Waals surface area contributed by atoms with Gasteiger partial charge in [0.2, 0.25) is 0 Å². The Labute approximate surface area is 260 Å². The number of carbonyl (C=O) groups is 1. The lowest BCUT2D eigenvalue weighted by molar-refractivity contribution is -0.154. The van der Waals surface area contributed by atoms with Gasteiger partial charge in [0, 0.05) is 34.9 Å². The number of carbonyl (C=O) groups excluding carboxylic acids is 1. The SMILES string of the molecule is C=Cc1ccn2nc(-c3cn(S(=O)(=O)c4ccc(C)cc4)c4ncc(F)cc34)nc(N[C@@H]3C4CCC(CC4)[C@H]3C(=O)OCC)c12. The molecule has 0 saturated heterocycles. The molecule has 3 saturated carbocycles. The number of hydrogen-bond donors (Lipinski definition) is 1. The molecule has 3 fully saturated rings. The lowest BCUT2D eigenvalue weighted by atomic mass is 9.61. The predicted molar refractivity (Wildman–Crippen MR) is 169 cm³/mol. The van der Waals surface area contributed by atoms with Crippen LogP contribution in [0.1, 0.15) is 43.7 Å². The molecule has 0 spiro atoms. The van der Waals surface area contributed by atoms with E-state index in [9.17, 15) is 17.6 Å². The van der Waals surface area contributed by atoms with Gasteiger partial charge in [-0.15, -0.1) is 5.10 Å². The van der Waals surface area contributed by atoms with Crippen LogP contribution in [0, 0.1) is 30.5 Å². The van der Waals surface area contributed by atoms with Crippen LogP contribution in [0.25, 0.3) is 34.0 Å². The largest absolute Gasteiger partial charge is 0.466 e. The molecule has 2 atom stereocenters. The molecule has 0 unspecified atom stereocenters. The Bertz CT molecular complexity index is 2060. The van der Waals surface area contributed by atoms with Gasteiger partial charge in [-0.1, -0.05) is 30.4 Å². The Kier molecular flexibility index (Phi) is 7.19. The van der Waals surface area contributed by atoms with Crippen LogP contribution in [0.4, 0.5) is 10.2 Å². The van der Waals surface area contributed by atoms with Crippen molar-refractivity contribution in [2.75, 3.05) is 11.9 Å². The molecular weight excluding hydrogens is 595 g/mol. The maximum Gasteiger partial charge on any atom is 0.311 e. The zero-order valence-electron chi connectivity index (χ0n) is 25.0. The number of rotatable bonds is 8. The number of hydrogen-bond acceptors (Lipinski definition) is 8. The lowest BCUT2D eigenvalue weighted by Crippen LogP contribution is -2.52. The highest BCUT2D eigenvalue weighted by Gasteiger charge is 2.48. The minimum atomic E-state index is -4.10. The maximum absolute atomic E-state index is 14.6. The second-order valence-electron chi connectivity index (χ2n) is 11.9. The van der Waals surface area contributed by atoms with Crippen molar-refractivity contribution in [1.29, 1.82) is 0 Å². The van der Waals surface area contributed by atoms with E-state index < -0.39 is 15.8 Å². The zero-order chi connectivity index (χ0) is 31.5. The van der Waals surface area contributed by atoms with Gasteiger partial charge in [0.05, 0.1) is 23.6 Å². The summed E-state index contributed by atoms with van der Waals surface area (Å²) in [7, 11) is -4.10. The fraction of sp³-hybridized carbons (Fsp3) is 0.333. The summed E-state index contributed by atoms with van der Waals surface area (Å²) < 4.78 is 50.5. The maximum atomic E-state index is 14.6. The number of aromatic nitrogens is 5. The van der Waals surface area contributed by atoms with Crippen LogP contribution < -0.4 is 5.32 Å². The summed E-state index contributed by atoms with van der Waals surface area (Å²) in [6.45, 7) is 7.94. The fourth-order valence-corrected chi connectivity index (χ4v) is 8.38. The van der Waals surface area contributed by atoms with Gasteiger partial charge in [-0.05, 0) is 75.6 Å². The highest BCUT2D eigenvalue weighted by molar-refractivity contribution is 7.90. The Balaban J connectivity index is 1.39. The van der Waals surface area contributed by atoms with Gasteiger partial charge in [-0.2, -0.15) is 0 Å². The van der Waals surface area contributed by atoms with Crippen LogP contribution in [0.2, 0.25) is 0 Å². The number of pyridine rings is 1. The molecule has 0 aliphatic heterocycles. The molecule has 3 aliphatic rings. The van der Waals surface area contributed by atoms with Crippen molar-refractivity contribution in [3.05, 3.63) is 78.5 Å². The van der Waals surface area contributed by atoms with Crippen molar-refractivity contribution in [2.24, 2.45) is 17.8 Å². The summed E-state index contributed by atoms with van der Waals surface area (Å²) in [5.74, 6) is -0.0473. The summed E-state index contributed by atoms with van der Waals surface area (Å²) >= 11 is 0. The number of esters is 1. The fourth-order valence-electron chi connectivity index (χ4n) is 7.06. The normalized spacial score (nSPS) is 21.3. The number of halogens is 1. The van der Waals surface area contributed by atoms with E-state index in [4.69, 9.17) is 14.8 Å². The van der Waals surface area contributed by atoms with E-state index in [1.165, 1.54) is 24.4 Å². The topological polar surface area (TPSA) is 120 Å². The van der Waals surface area contributed by atoms with Gasteiger partial charge in [-0.3, -0.25) is 4.79 Å². The Morgan fingerprint density at radius 1 is 1.16 bits per heavy atom. The molecule has 3 aliphatic carbocycles.